The van der Waals surface area contributed by atoms with Crippen molar-refractivity contribution in [2.45, 2.75) is 83.3 Å². The highest BCUT2D eigenvalue weighted by Gasteiger charge is 2.46. The van der Waals surface area contributed by atoms with Gasteiger partial charge in [0.1, 0.15) is 53.9 Å². The second-order valence-electron chi connectivity index (χ2n) is 18.4. The van der Waals surface area contributed by atoms with E-state index in [-0.39, 0.29) is 19.8 Å². The van der Waals surface area contributed by atoms with Crippen molar-refractivity contribution in [1.29, 1.82) is 0 Å². The SMILES string of the molecule is Cc1nc(N2CCN(CCCCCCOCCOCCOCCOCCOCCOCC(=O)Nc3cccc4c3C(O)N(C3CCC(O)NC3O)C4O)CC2)cc(N(c2ncc(C(N)=O)s2)c2c(C)cccc2Cl)n1. The van der Waals surface area contributed by atoms with E-state index in [0.29, 0.717) is 116 Å². The molecular weight excluding hydrogens is 1010 g/mol. The van der Waals surface area contributed by atoms with Crippen LogP contribution in [0.2, 0.25) is 5.02 Å². The van der Waals surface area contributed by atoms with Crippen molar-refractivity contribution in [1.82, 2.24) is 30.1 Å². The van der Waals surface area contributed by atoms with Crippen LogP contribution in [0.25, 0.3) is 0 Å². The minimum absolute atomic E-state index is 0.187. The highest BCUT2D eigenvalue weighted by Crippen LogP contribution is 2.46. The van der Waals surface area contributed by atoms with Crippen molar-refractivity contribution in [2.75, 3.05) is 127 Å². The number of ether oxygens (including phenoxy) is 6. The standard InChI is InChI=1S/C51H73ClN10O12S/c1-34-9-7-11-37(52)46(34)62(51-54-32-40(75-51)47(53)65)42-31-41(55-35(2)56-42)60-18-16-59(17-19-60)15-5-3-4-6-20-69-21-22-70-23-24-71-25-26-72-27-28-73-29-30-74-33-44(64)57-38-12-8-10-36-45(38)50(68)61(49(36)67)39-13-14-43(63)58-48(39)66/h7-12,31-32,39,43,48-50,58,63,66-68H,3-6,13-30,33H2,1-2H3,(H2,53,65)(H,57,64). The Morgan fingerprint density at radius 2 is 1.44 bits per heavy atom. The molecule has 412 valence electrons. The summed E-state index contributed by atoms with van der Waals surface area (Å²) in [4.78, 5) is 47.1. The topological polar surface area (TPSA) is 272 Å². The van der Waals surface area contributed by atoms with Crippen LogP contribution in [0.4, 0.5) is 28.1 Å². The Morgan fingerprint density at radius 3 is 2.08 bits per heavy atom. The Morgan fingerprint density at radius 1 is 0.800 bits per heavy atom. The lowest BCUT2D eigenvalue weighted by Crippen LogP contribution is -2.57. The van der Waals surface area contributed by atoms with Gasteiger partial charge in [0, 0.05) is 55.7 Å². The number of hydrogen-bond acceptors (Lipinski definition) is 21. The summed E-state index contributed by atoms with van der Waals surface area (Å²) in [5.74, 6) is 1.09. The number of thiazole rings is 1. The molecule has 75 heavy (non-hydrogen) atoms. The van der Waals surface area contributed by atoms with Crippen LogP contribution in [0.15, 0.2) is 48.7 Å². The molecule has 5 atom stereocenters. The molecule has 0 radical (unpaired) electrons. The van der Waals surface area contributed by atoms with Gasteiger partial charge in [-0.3, -0.25) is 24.7 Å². The maximum Gasteiger partial charge on any atom is 0.260 e. The van der Waals surface area contributed by atoms with Crippen molar-refractivity contribution in [3.63, 3.8) is 0 Å². The number of amides is 2. The first-order valence-electron chi connectivity index (χ1n) is 25.7. The van der Waals surface area contributed by atoms with Gasteiger partial charge >= 0.3 is 0 Å². The first-order chi connectivity index (χ1) is 36.4. The van der Waals surface area contributed by atoms with Gasteiger partial charge in [-0.2, -0.15) is 0 Å². The van der Waals surface area contributed by atoms with Crippen LogP contribution in [-0.2, 0) is 33.2 Å². The van der Waals surface area contributed by atoms with Crippen LogP contribution in [0.3, 0.4) is 0 Å². The molecule has 2 saturated heterocycles. The molecule has 0 saturated carbocycles. The van der Waals surface area contributed by atoms with Gasteiger partial charge in [0.05, 0.1) is 89.0 Å². The summed E-state index contributed by atoms with van der Waals surface area (Å²) < 4.78 is 33.5. The number of fused-ring (bicyclic) bond motifs is 1. The van der Waals surface area contributed by atoms with Crippen molar-refractivity contribution in [3.05, 3.63) is 81.1 Å². The predicted octanol–water partition coefficient (Wildman–Crippen LogP) is 3.88. The molecule has 0 spiro atoms. The van der Waals surface area contributed by atoms with Crippen LogP contribution in [0, 0.1) is 13.8 Å². The number of aromatic nitrogens is 3. The lowest BCUT2D eigenvalue weighted by Gasteiger charge is -2.40. The number of nitrogens with one attached hydrogen (secondary N) is 2. The molecule has 8 N–H and O–H groups in total. The maximum atomic E-state index is 12.7. The Balaban J connectivity index is 0.643. The highest BCUT2D eigenvalue weighted by atomic mass is 35.5. The third-order valence-electron chi connectivity index (χ3n) is 13.0. The molecule has 0 aliphatic carbocycles. The molecule has 2 fully saturated rings. The van der Waals surface area contributed by atoms with E-state index in [9.17, 15) is 30.0 Å². The number of aryl methyl sites for hydroxylation is 2. The molecule has 5 unspecified atom stereocenters. The van der Waals surface area contributed by atoms with Crippen LogP contribution >= 0.6 is 22.9 Å². The number of aliphatic hydroxyl groups is 4. The van der Waals surface area contributed by atoms with Crippen LogP contribution in [-0.4, -0.2) is 187 Å². The van der Waals surface area contributed by atoms with E-state index in [1.807, 2.05) is 43.0 Å². The van der Waals surface area contributed by atoms with Gasteiger partial charge in [-0.05, 0) is 63.8 Å². The number of carbonyl (C=O) groups is 2. The molecule has 3 aliphatic rings. The average molecular weight is 1090 g/mol. The molecular formula is C51H73ClN10O12S. The maximum absolute atomic E-state index is 12.7. The van der Waals surface area contributed by atoms with E-state index in [2.05, 4.69) is 25.4 Å². The number of hydrogen-bond donors (Lipinski definition) is 7. The van der Waals surface area contributed by atoms with Crippen LogP contribution in [0.1, 0.15) is 83.2 Å². The number of rotatable bonds is 31. The molecule has 24 heteroatoms. The number of carbonyl (C=O) groups excluding carboxylic acids is 2. The monoisotopic (exact) mass is 1080 g/mol. The number of nitrogens with zero attached hydrogens (tertiary/aromatic N) is 7. The fraction of sp³-hybridized carbons (Fsp3) is 0.588. The van der Waals surface area contributed by atoms with Crippen LogP contribution < -0.4 is 26.2 Å². The summed E-state index contributed by atoms with van der Waals surface area (Å²) in [5.41, 5.74) is 8.34. The fourth-order valence-electron chi connectivity index (χ4n) is 9.26. The summed E-state index contributed by atoms with van der Waals surface area (Å²) in [6, 6.07) is 12.0. The van der Waals surface area contributed by atoms with Gasteiger partial charge in [-0.1, -0.05) is 60.0 Å². The van der Waals surface area contributed by atoms with E-state index >= 15 is 0 Å². The van der Waals surface area contributed by atoms with Gasteiger partial charge < -0.3 is 64.8 Å². The normalized spacial score (nSPS) is 20.1. The zero-order chi connectivity index (χ0) is 53.1. The molecule has 4 aromatic rings. The number of primary amides is 1. The third kappa shape index (κ3) is 16.7. The molecule has 3 aliphatic heterocycles. The van der Waals surface area contributed by atoms with Gasteiger partial charge in [0.25, 0.3) is 5.91 Å². The van der Waals surface area contributed by atoms with Crippen molar-refractivity contribution >= 4 is 62.9 Å². The fourth-order valence-corrected chi connectivity index (χ4v) is 10.3. The lowest BCUT2D eigenvalue weighted by molar-refractivity contribution is -0.158. The van der Waals surface area contributed by atoms with Gasteiger partial charge in [-0.25, -0.2) is 19.9 Å². The lowest BCUT2D eigenvalue weighted by atomic mass is 10.0. The number of piperazine rings is 1. The summed E-state index contributed by atoms with van der Waals surface area (Å²) in [5, 5.41) is 48.8. The van der Waals surface area contributed by atoms with Crippen molar-refractivity contribution in [2.24, 2.45) is 5.73 Å². The molecule has 0 bridgehead atoms. The number of para-hydroxylation sites is 1. The van der Waals surface area contributed by atoms with Gasteiger partial charge in [-0.15, -0.1) is 0 Å². The Labute approximate surface area is 447 Å². The minimum Gasteiger partial charge on any atom is -0.379 e. The molecule has 2 aromatic carbocycles. The smallest absolute Gasteiger partial charge is 0.260 e. The molecule has 2 amide bonds. The zero-order valence-corrected chi connectivity index (χ0v) is 44.4. The number of anilines is 5. The van der Waals surface area contributed by atoms with Crippen LogP contribution in [0.5, 0.6) is 0 Å². The quantitative estimate of drug-likeness (QED) is 0.0353. The van der Waals surface area contributed by atoms with Gasteiger partial charge in [0.2, 0.25) is 5.91 Å². The number of nitrogens with two attached hydrogens (primary N) is 1. The Bertz CT molecular complexity index is 2400. The first-order valence-corrected chi connectivity index (χ1v) is 26.9. The van der Waals surface area contributed by atoms with E-state index in [1.54, 1.807) is 18.2 Å². The van der Waals surface area contributed by atoms with E-state index < -0.39 is 42.8 Å². The summed E-state index contributed by atoms with van der Waals surface area (Å²) in [6.07, 6.45) is 2.07. The van der Waals surface area contributed by atoms with E-state index in [4.69, 9.17) is 55.7 Å². The Hall–Kier alpha value is -4.54. The van der Waals surface area contributed by atoms with Crippen molar-refractivity contribution < 1.29 is 58.4 Å². The molecule has 22 nitrogen and oxygen atoms in total. The second kappa shape index (κ2) is 29.8. The van der Waals surface area contributed by atoms with Crippen molar-refractivity contribution in [3.8, 4) is 0 Å². The zero-order valence-electron chi connectivity index (χ0n) is 42.8. The number of halogens is 1. The molecule has 7 rings (SSSR count). The highest BCUT2D eigenvalue weighted by molar-refractivity contribution is 7.17. The third-order valence-corrected chi connectivity index (χ3v) is 14.3. The average Bonchev–Trinajstić information content (AvgIpc) is 3.98. The second-order valence-corrected chi connectivity index (χ2v) is 19.8. The number of benzene rings is 2. The number of piperidine rings is 1. The van der Waals surface area contributed by atoms with E-state index in [1.165, 1.54) is 22.4 Å². The number of aliphatic hydroxyl groups excluding tert-OH is 4. The molecule has 2 aromatic heterocycles. The Kier molecular flexibility index (Phi) is 23.1. The summed E-state index contributed by atoms with van der Waals surface area (Å²) in [6.45, 7) is 13.0. The largest absolute Gasteiger partial charge is 0.379 e. The first kappa shape index (κ1) is 58.1. The van der Waals surface area contributed by atoms with E-state index in [0.717, 1.165) is 75.5 Å². The summed E-state index contributed by atoms with van der Waals surface area (Å²) in [7, 11) is 0. The number of unbranched alkanes of at least 4 members (excludes halogenated alkanes) is 3. The summed E-state index contributed by atoms with van der Waals surface area (Å²) >= 11 is 7.95. The molecule has 5 heterocycles. The van der Waals surface area contributed by atoms with Gasteiger partial charge in [0.15, 0.2) is 5.13 Å². The minimum atomic E-state index is -1.28. The predicted molar refractivity (Wildman–Crippen MR) is 282 cm³/mol.